The molecule has 13 heavy (non-hydrogen) atoms. The predicted octanol–water partition coefficient (Wildman–Crippen LogP) is 2.83. The third-order valence-corrected chi connectivity index (χ3v) is 2.45. The Balaban J connectivity index is 4.43. The van der Waals surface area contributed by atoms with Crippen molar-refractivity contribution in [3.63, 3.8) is 0 Å². The van der Waals surface area contributed by atoms with Crippen molar-refractivity contribution in [1.82, 2.24) is 0 Å². The summed E-state index contributed by atoms with van der Waals surface area (Å²) in [5.74, 6) is -0.0575. The lowest BCUT2D eigenvalue weighted by atomic mass is 9.88. The highest BCUT2D eigenvalue weighted by Gasteiger charge is 2.35. The topological polar surface area (TPSA) is 37.3 Å². The molecule has 0 amide bonds. The van der Waals surface area contributed by atoms with Crippen LogP contribution in [0.1, 0.15) is 40.5 Å². The molecule has 0 saturated carbocycles. The summed E-state index contributed by atoms with van der Waals surface area (Å²) in [6.45, 7) is 8.09. The van der Waals surface area contributed by atoms with Crippen molar-refractivity contribution in [3.8, 4) is 0 Å². The second-order valence-corrected chi connectivity index (χ2v) is 5.39. The van der Waals surface area contributed by atoms with Crippen LogP contribution in [0.2, 0.25) is 0 Å². The van der Waals surface area contributed by atoms with Crippen LogP contribution in [0, 0.1) is 11.8 Å². The Morgan fingerprint density at radius 3 is 1.69 bits per heavy atom. The zero-order valence-electron chi connectivity index (χ0n) is 8.87. The van der Waals surface area contributed by atoms with Crippen LogP contribution in [0.3, 0.4) is 0 Å². The molecular weight excluding hydrogens is 184 g/mol. The van der Waals surface area contributed by atoms with E-state index < -0.39 is 10.7 Å². The van der Waals surface area contributed by atoms with Gasteiger partial charge in [0.2, 0.25) is 0 Å². The number of carbonyl (C=O) groups is 1. The standard InChI is InChI=1S/C10H20O2S/c1-7(2)5-10(13,9(11)12)6-8(3)4/h7-8,13H,5-6H2,1-4H3,(H,11,12). The number of carboxylic acids is 1. The van der Waals surface area contributed by atoms with Crippen molar-refractivity contribution in [3.05, 3.63) is 0 Å². The maximum atomic E-state index is 11.0. The van der Waals surface area contributed by atoms with Crippen molar-refractivity contribution >= 4 is 18.6 Å². The van der Waals surface area contributed by atoms with E-state index in [1.54, 1.807) is 0 Å². The highest BCUT2D eigenvalue weighted by Crippen LogP contribution is 2.31. The number of thiol groups is 1. The van der Waals surface area contributed by atoms with Crippen LogP contribution < -0.4 is 0 Å². The Morgan fingerprint density at radius 1 is 1.23 bits per heavy atom. The van der Waals surface area contributed by atoms with E-state index in [0.29, 0.717) is 24.7 Å². The van der Waals surface area contributed by atoms with Crippen LogP contribution in [0.15, 0.2) is 0 Å². The summed E-state index contributed by atoms with van der Waals surface area (Å²) in [5, 5.41) is 9.05. The second-order valence-electron chi connectivity index (χ2n) is 4.53. The van der Waals surface area contributed by atoms with Crippen LogP contribution >= 0.6 is 12.6 Å². The van der Waals surface area contributed by atoms with Crippen LogP contribution in [0.25, 0.3) is 0 Å². The van der Waals surface area contributed by atoms with Crippen molar-refractivity contribution in [2.45, 2.75) is 45.3 Å². The molecule has 0 unspecified atom stereocenters. The van der Waals surface area contributed by atoms with Gasteiger partial charge in [-0.15, -0.1) is 0 Å². The molecule has 2 nitrogen and oxygen atoms in total. The smallest absolute Gasteiger partial charge is 0.319 e. The fourth-order valence-corrected chi connectivity index (χ4v) is 2.34. The van der Waals surface area contributed by atoms with Gasteiger partial charge in [-0.3, -0.25) is 4.79 Å². The third-order valence-electron chi connectivity index (χ3n) is 1.89. The Kier molecular flexibility index (Phi) is 4.82. The molecule has 0 fully saturated rings. The van der Waals surface area contributed by atoms with Crippen LogP contribution in [-0.2, 0) is 4.79 Å². The van der Waals surface area contributed by atoms with Crippen molar-refractivity contribution < 1.29 is 9.90 Å². The van der Waals surface area contributed by atoms with E-state index in [0.717, 1.165) is 0 Å². The molecule has 0 aliphatic rings. The maximum Gasteiger partial charge on any atom is 0.319 e. The van der Waals surface area contributed by atoms with Gasteiger partial charge in [0.1, 0.15) is 4.75 Å². The first kappa shape index (κ1) is 12.8. The highest BCUT2D eigenvalue weighted by molar-refractivity contribution is 7.82. The average Bonchev–Trinajstić information content (AvgIpc) is 1.82. The number of hydrogen-bond donors (Lipinski definition) is 2. The lowest BCUT2D eigenvalue weighted by molar-refractivity contribution is -0.140. The van der Waals surface area contributed by atoms with Gasteiger partial charge in [-0.1, -0.05) is 27.7 Å². The summed E-state index contributed by atoms with van der Waals surface area (Å²) >= 11 is 4.29. The lowest BCUT2D eigenvalue weighted by Crippen LogP contribution is -2.35. The quantitative estimate of drug-likeness (QED) is 0.676. The van der Waals surface area contributed by atoms with Crippen LogP contribution in [0.4, 0.5) is 0 Å². The second kappa shape index (κ2) is 4.89. The van der Waals surface area contributed by atoms with Gasteiger partial charge in [0.05, 0.1) is 0 Å². The molecular formula is C10H20O2S. The van der Waals surface area contributed by atoms with E-state index >= 15 is 0 Å². The average molecular weight is 204 g/mol. The van der Waals surface area contributed by atoms with Crippen molar-refractivity contribution in [1.29, 1.82) is 0 Å². The number of carboxylic acid groups (broad SMARTS) is 1. The normalized spacial score (nSPS) is 12.5. The highest BCUT2D eigenvalue weighted by atomic mass is 32.1. The van der Waals surface area contributed by atoms with Crippen LogP contribution in [-0.4, -0.2) is 15.8 Å². The third kappa shape index (κ3) is 4.55. The summed E-state index contributed by atoms with van der Waals surface area (Å²) in [6.07, 6.45) is 1.26. The van der Waals surface area contributed by atoms with E-state index in [9.17, 15) is 4.79 Å². The summed E-state index contributed by atoms with van der Waals surface area (Å²) in [4.78, 5) is 11.0. The largest absolute Gasteiger partial charge is 0.480 e. The molecule has 0 aliphatic carbocycles. The fraction of sp³-hybridized carbons (Fsp3) is 0.900. The Bertz CT molecular complexity index is 166. The molecule has 1 N–H and O–H groups in total. The van der Waals surface area contributed by atoms with Gasteiger partial charge < -0.3 is 5.11 Å². The summed E-state index contributed by atoms with van der Waals surface area (Å²) in [6, 6.07) is 0. The van der Waals surface area contributed by atoms with Gasteiger partial charge in [-0.05, 0) is 24.7 Å². The van der Waals surface area contributed by atoms with E-state index in [1.165, 1.54) is 0 Å². The molecule has 0 aliphatic heterocycles. The van der Waals surface area contributed by atoms with Gasteiger partial charge in [0.25, 0.3) is 0 Å². The minimum atomic E-state index is -0.845. The van der Waals surface area contributed by atoms with E-state index in [4.69, 9.17) is 5.11 Å². The molecule has 0 spiro atoms. The van der Waals surface area contributed by atoms with E-state index in [-0.39, 0.29) is 0 Å². The Hall–Kier alpha value is -0.180. The molecule has 0 atom stereocenters. The van der Waals surface area contributed by atoms with Gasteiger partial charge >= 0.3 is 5.97 Å². The summed E-state index contributed by atoms with van der Waals surface area (Å²) in [5.41, 5.74) is 0. The maximum absolute atomic E-state index is 11.0. The van der Waals surface area contributed by atoms with E-state index in [2.05, 4.69) is 12.6 Å². The number of rotatable bonds is 5. The van der Waals surface area contributed by atoms with Gasteiger partial charge in [-0.25, -0.2) is 0 Å². The first-order valence-corrected chi connectivity index (χ1v) is 5.18. The molecule has 78 valence electrons. The first-order chi connectivity index (χ1) is 5.78. The zero-order chi connectivity index (χ0) is 10.6. The molecule has 0 aromatic heterocycles. The summed E-state index contributed by atoms with van der Waals surface area (Å²) in [7, 11) is 0. The van der Waals surface area contributed by atoms with Crippen LogP contribution in [0.5, 0.6) is 0 Å². The molecule has 0 heterocycles. The molecule has 0 bridgehead atoms. The Morgan fingerprint density at radius 2 is 1.54 bits per heavy atom. The molecule has 0 aromatic rings. The first-order valence-electron chi connectivity index (χ1n) is 4.73. The molecule has 3 heteroatoms. The monoisotopic (exact) mass is 204 g/mol. The number of hydrogen-bond acceptors (Lipinski definition) is 2. The molecule has 0 rings (SSSR count). The van der Waals surface area contributed by atoms with Crippen molar-refractivity contribution in [2.75, 3.05) is 0 Å². The Labute approximate surface area is 86.1 Å². The zero-order valence-corrected chi connectivity index (χ0v) is 9.77. The molecule has 0 radical (unpaired) electrons. The molecule has 0 aromatic carbocycles. The van der Waals surface area contributed by atoms with Crippen molar-refractivity contribution in [2.24, 2.45) is 11.8 Å². The summed E-state index contributed by atoms with van der Waals surface area (Å²) < 4.78 is -0.845. The van der Waals surface area contributed by atoms with E-state index in [1.807, 2.05) is 27.7 Å². The number of aliphatic carboxylic acids is 1. The SMILES string of the molecule is CC(C)CC(S)(CC(C)C)C(=O)O. The fourth-order valence-electron chi connectivity index (χ4n) is 1.61. The van der Waals surface area contributed by atoms with Gasteiger partial charge in [0, 0.05) is 0 Å². The minimum Gasteiger partial charge on any atom is -0.480 e. The lowest BCUT2D eigenvalue weighted by Gasteiger charge is -2.27. The molecule has 0 saturated heterocycles. The van der Waals surface area contributed by atoms with Gasteiger partial charge in [-0.2, -0.15) is 12.6 Å². The van der Waals surface area contributed by atoms with Gasteiger partial charge in [0.15, 0.2) is 0 Å². The minimum absolute atomic E-state index is 0.368. The predicted molar refractivity (Wildman–Crippen MR) is 58.3 cm³/mol.